The Bertz CT molecular complexity index is 289. The van der Waals surface area contributed by atoms with Crippen LogP contribution in [0.3, 0.4) is 0 Å². The van der Waals surface area contributed by atoms with E-state index in [2.05, 4.69) is 10.6 Å². The first kappa shape index (κ1) is 8.03. The number of hydrogen-bond acceptors (Lipinski definition) is 3. The van der Waals surface area contributed by atoms with E-state index in [1.54, 1.807) is 0 Å². The van der Waals surface area contributed by atoms with E-state index in [1.165, 1.54) is 4.90 Å². The molecule has 0 spiro atoms. The van der Waals surface area contributed by atoms with Crippen molar-refractivity contribution >= 4 is 17.8 Å². The molecule has 6 nitrogen and oxygen atoms in total. The number of nitrogens with zero attached hydrogens (tertiary/aromatic N) is 1. The fraction of sp³-hybridized carbons (Fsp3) is 0.571. The first-order chi connectivity index (χ1) is 6.18. The Labute approximate surface area is 74.3 Å². The molecule has 2 saturated heterocycles. The summed E-state index contributed by atoms with van der Waals surface area (Å²) >= 11 is 0. The number of rotatable bonds is 1. The molecule has 1 unspecified atom stereocenters. The predicted molar refractivity (Wildman–Crippen MR) is 41.4 cm³/mol. The van der Waals surface area contributed by atoms with Crippen LogP contribution in [-0.2, 0) is 9.59 Å². The molecule has 4 amide bonds. The molecule has 0 aromatic heterocycles. The molecule has 0 aromatic carbocycles. The van der Waals surface area contributed by atoms with Crippen LogP contribution >= 0.6 is 0 Å². The standard InChI is InChI=1S/C7H9N3O3/c11-4-2-1-3-10(4)5-6(12)9-7(13)8-5/h5H,1-3H2,(H2,8,9,12,13). The topological polar surface area (TPSA) is 78.5 Å². The van der Waals surface area contributed by atoms with Crippen LogP contribution in [0.2, 0.25) is 0 Å². The predicted octanol–water partition coefficient (Wildman–Crippen LogP) is -1.23. The van der Waals surface area contributed by atoms with Gasteiger partial charge in [0.15, 0.2) is 6.17 Å². The van der Waals surface area contributed by atoms with Crippen LogP contribution in [0.4, 0.5) is 4.79 Å². The number of likely N-dealkylation sites (tertiary alicyclic amines) is 1. The van der Waals surface area contributed by atoms with Crippen molar-refractivity contribution in [3.05, 3.63) is 0 Å². The fourth-order valence-electron chi connectivity index (χ4n) is 1.57. The lowest BCUT2D eigenvalue weighted by Gasteiger charge is -2.20. The van der Waals surface area contributed by atoms with E-state index in [9.17, 15) is 14.4 Å². The van der Waals surface area contributed by atoms with Gasteiger partial charge in [-0.05, 0) is 6.42 Å². The molecule has 0 saturated carbocycles. The fourth-order valence-corrected chi connectivity index (χ4v) is 1.57. The molecule has 70 valence electrons. The minimum atomic E-state index is -0.789. The van der Waals surface area contributed by atoms with Crippen molar-refractivity contribution in [3.8, 4) is 0 Å². The van der Waals surface area contributed by atoms with Gasteiger partial charge in [0.05, 0.1) is 0 Å². The molecule has 1 atom stereocenters. The summed E-state index contributed by atoms with van der Waals surface area (Å²) in [6.07, 6.45) is 0.417. The summed E-state index contributed by atoms with van der Waals surface area (Å²) in [6.45, 7) is 0.539. The maximum absolute atomic E-state index is 11.2. The number of carbonyl (C=O) groups excluding carboxylic acids is 3. The molecule has 2 N–H and O–H groups in total. The Kier molecular flexibility index (Phi) is 1.68. The lowest BCUT2D eigenvalue weighted by Crippen LogP contribution is -2.47. The number of amides is 4. The molecule has 0 aliphatic carbocycles. The summed E-state index contributed by atoms with van der Waals surface area (Å²) in [5, 5.41) is 4.46. The van der Waals surface area contributed by atoms with Gasteiger partial charge < -0.3 is 10.2 Å². The van der Waals surface area contributed by atoms with E-state index in [1.807, 2.05) is 0 Å². The first-order valence-corrected chi connectivity index (χ1v) is 4.09. The molecule has 0 radical (unpaired) electrons. The Morgan fingerprint density at radius 2 is 2.08 bits per heavy atom. The van der Waals surface area contributed by atoms with Gasteiger partial charge in [-0.25, -0.2) is 4.79 Å². The lowest BCUT2D eigenvalue weighted by atomic mass is 10.4. The minimum Gasteiger partial charge on any atom is -0.314 e. The third-order valence-corrected chi connectivity index (χ3v) is 2.17. The molecule has 2 rings (SSSR count). The minimum absolute atomic E-state index is 0.0812. The van der Waals surface area contributed by atoms with Crippen molar-refractivity contribution < 1.29 is 14.4 Å². The van der Waals surface area contributed by atoms with E-state index in [-0.39, 0.29) is 5.91 Å². The van der Waals surface area contributed by atoms with Crippen LogP contribution in [0.5, 0.6) is 0 Å². The van der Waals surface area contributed by atoms with E-state index in [0.29, 0.717) is 13.0 Å². The third kappa shape index (κ3) is 1.24. The van der Waals surface area contributed by atoms with Crippen LogP contribution in [0.15, 0.2) is 0 Å². The first-order valence-electron chi connectivity index (χ1n) is 4.09. The number of carbonyl (C=O) groups is 3. The largest absolute Gasteiger partial charge is 0.323 e. The van der Waals surface area contributed by atoms with Gasteiger partial charge in [0, 0.05) is 13.0 Å². The normalized spacial score (nSPS) is 27.8. The quantitative estimate of drug-likeness (QED) is 0.500. The van der Waals surface area contributed by atoms with Gasteiger partial charge in [-0.2, -0.15) is 0 Å². The Morgan fingerprint density at radius 1 is 1.31 bits per heavy atom. The Morgan fingerprint density at radius 3 is 2.54 bits per heavy atom. The highest BCUT2D eigenvalue weighted by atomic mass is 16.2. The zero-order chi connectivity index (χ0) is 9.42. The van der Waals surface area contributed by atoms with Crippen LogP contribution in [0, 0.1) is 0 Å². The molecular formula is C7H9N3O3. The Balaban J connectivity index is 2.12. The average Bonchev–Trinajstić information content (AvgIpc) is 2.58. The van der Waals surface area contributed by atoms with Gasteiger partial charge >= 0.3 is 6.03 Å². The van der Waals surface area contributed by atoms with E-state index >= 15 is 0 Å². The van der Waals surface area contributed by atoms with Gasteiger partial charge in [0.25, 0.3) is 5.91 Å². The van der Waals surface area contributed by atoms with Crippen molar-refractivity contribution in [2.24, 2.45) is 0 Å². The summed E-state index contributed by atoms with van der Waals surface area (Å²) in [6, 6.07) is -0.533. The maximum Gasteiger partial charge on any atom is 0.323 e. The number of urea groups is 1. The third-order valence-electron chi connectivity index (χ3n) is 2.17. The molecule has 2 fully saturated rings. The molecule has 2 aliphatic rings. The number of nitrogens with one attached hydrogen (secondary N) is 2. The maximum atomic E-state index is 11.2. The van der Waals surface area contributed by atoms with E-state index < -0.39 is 18.1 Å². The monoisotopic (exact) mass is 183 g/mol. The number of hydrogen-bond donors (Lipinski definition) is 2. The molecule has 13 heavy (non-hydrogen) atoms. The van der Waals surface area contributed by atoms with Crippen LogP contribution in [-0.4, -0.2) is 35.5 Å². The van der Waals surface area contributed by atoms with Crippen LogP contribution in [0.25, 0.3) is 0 Å². The second-order valence-electron chi connectivity index (χ2n) is 3.06. The second-order valence-corrected chi connectivity index (χ2v) is 3.06. The summed E-state index contributed by atoms with van der Waals surface area (Å²) in [5.41, 5.74) is 0. The Hall–Kier alpha value is -1.59. The highest BCUT2D eigenvalue weighted by molar-refractivity contribution is 6.05. The molecular weight excluding hydrogens is 174 g/mol. The molecule has 0 aromatic rings. The smallest absolute Gasteiger partial charge is 0.314 e. The van der Waals surface area contributed by atoms with Crippen molar-refractivity contribution in [1.82, 2.24) is 15.5 Å². The summed E-state index contributed by atoms with van der Waals surface area (Å²) in [5.74, 6) is -0.525. The summed E-state index contributed by atoms with van der Waals surface area (Å²) < 4.78 is 0. The highest BCUT2D eigenvalue weighted by Gasteiger charge is 2.38. The van der Waals surface area contributed by atoms with Crippen molar-refractivity contribution in [3.63, 3.8) is 0 Å². The molecule has 0 bridgehead atoms. The van der Waals surface area contributed by atoms with Gasteiger partial charge in [0.1, 0.15) is 0 Å². The number of imide groups is 1. The van der Waals surface area contributed by atoms with Gasteiger partial charge in [-0.1, -0.05) is 0 Å². The van der Waals surface area contributed by atoms with Crippen molar-refractivity contribution in [2.75, 3.05) is 6.54 Å². The molecule has 2 heterocycles. The highest BCUT2D eigenvalue weighted by Crippen LogP contribution is 2.13. The van der Waals surface area contributed by atoms with Crippen LogP contribution in [0.1, 0.15) is 12.8 Å². The van der Waals surface area contributed by atoms with E-state index in [0.717, 1.165) is 6.42 Å². The van der Waals surface area contributed by atoms with Gasteiger partial charge in [0.2, 0.25) is 5.91 Å². The van der Waals surface area contributed by atoms with E-state index in [4.69, 9.17) is 0 Å². The van der Waals surface area contributed by atoms with Crippen LogP contribution < -0.4 is 10.6 Å². The SMILES string of the molecule is O=C1NC(=O)C(N2CCCC2=O)N1. The lowest BCUT2D eigenvalue weighted by molar-refractivity contribution is -0.136. The van der Waals surface area contributed by atoms with Gasteiger partial charge in [-0.3, -0.25) is 14.9 Å². The summed E-state index contributed by atoms with van der Waals surface area (Å²) in [7, 11) is 0. The van der Waals surface area contributed by atoms with Crippen molar-refractivity contribution in [1.29, 1.82) is 0 Å². The summed E-state index contributed by atoms with van der Waals surface area (Å²) in [4.78, 5) is 34.5. The zero-order valence-electron chi connectivity index (χ0n) is 6.87. The zero-order valence-corrected chi connectivity index (χ0v) is 6.87. The second kappa shape index (κ2) is 2.72. The molecule has 2 aliphatic heterocycles. The van der Waals surface area contributed by atoms with Gasteiger partial charge in [-0.15, -0.1) is 0 Å². The molecule has 6 heteroatoms. The average molecular weight is 183 g/mol. The van der Waals surface area contributed by atoms with Crippen molar-refractivity contribution in [2.45, 2.75) is 19.0 Å².